The van der Waals surface area contributed by atoms with Crippen molar-refractivity contribution in [3.63, 3.8) is 0 Å². The second-order valence-electron chi connectivity index (χ2n) is 3.81. The number of benzene rings is 1. The minimum absolute atomic E-state index is 0.0492. The molecule has 5 heteroatoms. The van der Waals surface area contributed by atoms with E-state index >= 15 is 0 Å². The van der Waals surface area contributed by atoms with Crippen LogP contribution in [0.3, 0.4) is 0 Å². The lowest BCUT2D eigenvalue weighted by atomic mass is 9.99. The Morgan fingerprint density at radius 2 is 1.94 bits per heavy atom. The standard InChI is InChI=1S/C12H12F3NO/c13-12(14,15)9-5-2-1-4-8(9)11(16)10-6-3-7-17-10/h1-2,4-6,11H,3,7,16H2. The van der Waals surface area contributed by atoms with Gasteiger partial charge in [-0.2, -0.15) is 13.2 Å². The molecule has 1 unspecified atom stereocenters. The molecule has 0 saturated carbocycles. The number of halogens is 3. The zero-order valence-corrected chi connectivity index (χ0v) is 9.00. The number of nitrogens with two attached hydrogens (primary N) is 1. The summed E-state index contributed by atoms with van der Waals surface area (Å²) in [7, 11) is 0. The van der Waals surface area contributed by atoms with E-state index in [1.807, 2.05) is 0 Å². The van der Waals surface area contributed by atoms with E-state index in [4.69, 9.17) is 10.5 Å². The van der Waals surface area contributed by atoms with Crippen molar-refractivity contribution in [2.45, 2.75) is 18.6 Å². The average Bonchev–Trinajstić information content (AvgIpc) is 2.80. The number of alkyl halides is 3. The molecule has 1 atom stereocenters. The lowest BCUT2D eigenvalue weighted by Crippen LogP contribution is -2.19. The van der Waals surface area contributed by atoms with E-state index in [1.54, 1.807) is 12.1 Å². The van der Waals surface area contributed by atoms with E-state index in [1.165, 1.54) is 12.1 Å². The van der Waals surface area contributed by atoms with Gasteiger partial charge >= 0.3 is 6.18 Å². The summed E-state index contributed by atoms with van der Waals surface area (Å²) in [6, 6.07) is 4.46. The highest BCUT2D eigenvalue weighted by atomic mass is 19.4. The first kappa shape index (κ1) is 12.0. The van der Waals surface area contributed by atoms with Crippen molar-refractivity contribution < 1.29 is 17.9 Å². The topological polar surface area (TPSA) is 35.2 Å². The summed E-state index contributed by atoms with van der Waals surface area (Å²) in [5, 5.41) is 0. The van der Waals surface area contributed by atoms with Crippen molar-refractivity contribution in [1.29, 1.82) is 0 Å². The number of hydrogen-bond acceptors (Lipinski definition) is 2. The van der Waals surface area contributed by atoms with Gasteiger partial charge in [-0.05, 0) is 17.7 Å². The van der Waals surface area contributed by atoms with Crippen LogP contribution in [0.15, 0.2) is 36.1 Å². The molecule has 0 fully saturated rings. The van der Waals surface area contributed by atoms with Crippen LogP contribution in [0.4, 0.5) is 13.2 Å². The highest BCUT2D eigenvalue weighted by Gasteiger charge is 2.35. The van der Waals surface area contributed by atoms with E-state index in [2.05, 4.69) is 0 Å². The molecule has 0 spiro atoms. The van der Waals surface area contributed by atoms with Gasteiger partial charge in [0.15, 0.2) is 0 Å². The maximum atomic E-state index is 12.8. The van der Waals surface area contributed by atoms with Crippen molar-refractivity contribution in [2.24, 2.45) is 5.73 Å². The molecule has 0 saturated heterocycles. The summed E-state index contributed by atoms with van der Waals surface area (Å²) >= 11 is 0. The van der Waals surface area contributed by atoms with Crippen LogP contribution in [0.5, 0.6) is 0 Å². The van der Waals surface area contributed by atoms with E-state index in [0.29, 0.717) is 18.8 Å². The average molecular weight is 243 g/mol. The van der Waals surface area contributed by atoms with Gasteiger partial charge in [0.1, 0.15) is 5.76 Å². The third kappa shape index (κ3) is 2.44. The molecule has 1 aromatic carbocycles. The molecule has 0 aromatic heterocycles. The molecule has 2 N–H and O–H groups in total. The van der Waals surface area contributed by atoms with Crippen LogP contribution in [0.1, 0.15) is 23.6 Å². The van der Waals surface area contributed by atoms with Gasteiger partial charge in [-0.1, -0.05) is 18.2 Å². The zero-order chi connectivity index (χ0) is 12.5. The predicted molar refractivity (Wildman–Crippen MR) is 57.0 cm³/mol. The molecule has 1 aromatic rings. The van der Waals surface area contributed by atoms with Crippen molar-refractivity contribution in [3.8, 4) is 0 Å². The van der Waals surface area contributed by atoms with Crippen LogP contribution in [0.25, 0.3) is 0 Å². The quantitative estimate of drug-likeness (QED) is 0.866. The molecule has 0 radical (unpaired) electrons. The van der Waals surface area contributed by atoms with Gasteiger partial charge in [-0.15, -0.1) is 0 Å². The van der Waals surface area contributed by atoms with Crippen LogP contribution in [-0.4, -0.2) is 6.61 Å². The molecule has 0 aliphatic carbocycles. The van der Waals surface area contributed by atoms with Crippen molar-refractivity contribution in [3.05, 3.63) is 47.2 Å². The zero-order valence-electron chi connectivity index (χ0n) is 9.00. The molecular formula is C12H12F3NO. The smallest absolute Gasteiger partial charge is 0.416 e. The van der Waals surface area contributed by atoms with Gasteiger partial charge < -0.3 is 10.5 Å². The highest BCUT2D eigenvalue weighted by molar-refractivity contribution is 5.36. The molecular weight excluding hydrogens is 231 g/mol. The Hall–Kier alpha value is -1.49. The van der Waals surface area contributed by atoms with Crippen LogP contribution in [-0.2, 0) is 10.9 Å². The third-order valence-corrected chi connectivity index (χ3v) is 2.64. The molecule has 2 nitrogen and oxygen atoms in total. The fourth-order valence-electron chi connectivity index (χ4n) is 1.83. The lowest BCUT2D eigenvalue weighted by Gasteiger charge is -2.18. The summed E-state index contributed by atoms with van der Waals surface area (Å²) in [5.41, 5.74) is 5.15. The third-order valence-electron chi connectivity index (χ3n) is 2.64. The fraction of sp³-hybridized carbons (Fsp3) is 0.333. The highest BCUT2D eigenvalue weighted by Crippen LogP contribution is 2.36. The van der Waals surface area contributed by atoms with Crippen molar-refractivity contribution in [2.75, 3.05) is 6.61 Å². The van der Waals surface area contributed by atoms with E-state index in [9.17, 15) is 13.2 Å². The van der Waals surface area contributed by atoms with Crippen LogP contribution in [0, 0.1) is 0 Å². The van der Waals surface area contributed by atoms with Crippen molar-refractivity contribution >= 4 is 0 Å². The van der Waals surface area contributed by atoms with Gasteiger partial charge in [0, 0.05) is 6.42 Å². The first-order chi connectivity index (χ1) is 8.00. The molecule has 2 rings (SSSR count). The Balaban J connectivity index is 2.38. The Labute approximate surface area is 96.9 Å². The van der Waals surface area contributed by atoms with Crippen LogP contribution >= 0.6 is 0 Å². The Kier molecular flexibility index (Phi) is 3.11. The first-order valence-corrected chi connectivity index (χ1v) is 5.24. The first-order valence-electron chi connectivity index (χ1n) is 5.24. The summed E-state index contributed by atoms with van der Waals surface area (Å²) in [6.45, 7) is 0.483. The monoisotopic (exact) mass is 243 g/mol. The number of hydrogen-bond donors (Lipinski definition) is 1. The van der Waals surface area contributed by atoms with Crippen LogP contribution < -0.4 is 5.73 Å². The lowest BCUT2D eigenvalue weighted by molar-refractivity contribution is -0.138. The Morgan fingerprint density at radius 1 is 1.24 bits per heavy atom. The summed E-state index contributed by atoms with van der Waals surface area (Å²) in [6.07, 6.45) is -1.97. The molecule has 1 aliphatic rings. The second-order valence-corrected chi connectivity index (χ2v) is 3.81. The normalized spacial score (nSPS) is 17.5. The number of ether oxygens (including phenoxy) is 1. The minimum atomic E-state index is -4.40. The fourth-order valence-corrected chi connectivity index (χ4v) is 1.83. The minimum Gasteiger partial charge on any atom is -0.496 e. The maximum Gasteiger partial charge on any atom is 0.416 e. The van der Waals surface area contributed by atoms with Crippen molar-refractivity contribution in [1.82, 2.24) is 0 Å². The molecule has 92 valence electrons. The summed E-state index contributed by atoms with van der Waals surface area (Å²) < 4.78 is 43.5. The second kappa shape index (κ2) is 4.41. The predicted octanol–water partition coefficient (Wildman–Crippen LogP) is 3.01. The van der Waals surface area contributed by atoms with Gasteiger partial charge in [0.2, 0.25) is 0 Å². The van der Waals surface area contributed by atoms with Gasteiger partial charge in [0.05, 0.1) is 18.2 Å². The van der Waals surface area contributed by atoms with Gasteiger partial charge in [-0.25, -0.2) is 0 Å². The molecule has 1 heterocycles. The molecule has 17 heavy (non-hydrogen) atoms. The maximum absolute atomic E-state index is 12.8. The van der Waals surface area contributed by atoms with Gasteiger partial charge in [-0.3, -0.25) is 0 Å². The van der Waals surface area contributed by atoms with Gasteiger partial charge in [0.25, 0.3) is 0 Å². The number of rotatable bonds is 2. The van der Waals surface area contributed by atoms with Crippen LogP contribution in [0.2, 0.25) is 0 Å². The molecule has 0 bridgehead atoms. The van der Waals surface area contributed by atoms with E-state index in [-0.39, 0.29) is 5.56 Å². The van der Waals surface area contributed by atoms with E-state index in [0.717, 1.165) is 6.07 Å². The largest absolute Gasteiger partial charge is 0.496 e. The summed E-state index contributed by atoms with van der Waals surface area (Å²) in [5.74, 6) is 0.418. The Bertz CT molecular complexity index is 440. The molecule has 0 amide bonds. The molecule has 1 aliphatic heterocycles. The summed E-state index contributed by atoms with van der Waals surface area (Å²) in [4.78, 5) is 0. The van der Waals surface area contributed by atoms with E-state index < -0.39 is 17.8 Å². The SMILES string of the molecule is NC(C1=CCCO1)c1ccccc1C(F)(F)F. The Morgan fingerprint density at radius 3 is 2.53 bits per heavy atom.